The van der Waals surface area contributed by atoms with Crippen molar-refractivity contribution in [3.05, 3.63) is 76.7 Å². The number of nitrogens with one attached hydrogen (secondary N) is 2. The predicted molar refractivity (Wildman–Crippen MR) is 147 cm³/mol. The lowest BCUT2D eigenvalue weighted by Gasteiger charge is -2.30. The Balaban J connectivity index is 1.48. The van der Waals surface area contributed by atoms with Crippen LogP contribution in [-0.2, 0) is 16.6 Å². The molecule has 0 bridgehead atoms. The molecular weight excluding hydrogens is 524 g/mol. The molecule has 0 saturated carbocycles. The quantitative estimate of drug-likeness (QED) is 0.268. The molecule has 0 aliphatic carbocycles. The highest BCUT2D eigenvalue weighted by Crippen LogP contribution is 2.28. The van der Waals surface area contributed by atoms with E-state index >= 15 is 0 Å². The highest BCUT2D eigenvalue weighted by Gasteiger charge is 2.23. The summed E-state index contributed by atoms with van der Waals surface area (Å²) in [5.74, 6) is -0.561. The first-order valence-electron chi connectivity index (χ1n) is 12.5. The number of sulfonamides is 1. The first kappa shape index (κ1) is 27.8. The minimum Gasteiger partial charge on any atom is -0.318 e. The molecule has 202 valence electrons. The molecule has 1 aliphatic heterocycles. The minimum absolute atomic E-state index is 0.0435. The van der Waals surface area contributed by atoms with Gasteiger partial charge in [-0.3, -0.25) is 10.0 Å². The van der Waals surface area contributed by atoms with E-state index in [1.165, 1.54) is 34.8 Å². The average Bonchev–Trinajstić information content (AvgIpc) is 3.42. The fraction of sp³-hybridized carbons (Fsp3) is 0.333. The molecule has 0 spiro atoms. The largest absolute Gasteiger partial charge is 0.331 e. The van der Waals surface area contributed by atoms with E-state index < -0.39 is 22.0 Å². The summed E-state index contributed by atoms with van der Waals surface area (Å²) < 4.78 is 28.0. The van der Waals surface area contributed by atoms with E-state index in [9.17, 15) is 18.0 Å². The zero-order chi connectivity index (χ0) is 27.1. The Morgan fingerprint density at radius 3 is 2.32 bits per heavy atom. The number of aryl methyl sites for hydroxylation is 1. The summed E-state index contributed by atoms with van der Waals surface area (Å²) in [6, 6.07) is 16.7. The molecule has 2 aromatic carbocycles. The van der Waals surface area contributed by atoms with Crippen LogP contribution in [0.2, 0.25) is 0 Å². The molecule has 1 saturated heterocycles. The van der Waals surface area contributed by atoms with Gasteiger partial charge in [-0.1, -0.05) is 48.4 Å². The van der Waals surface area contributed by atoms with Crippen LogP contribution < -0.4 is 10.2 Å². The van der Waals surface area contributed by atoms with E-state index in [0.717, 1.165) is 47.5 Å². The van der Waals surface area contributed by atoms with Crippen molar-refractivity contribution in [1.29, 1.82) is 0 Å². The Labute approximate surface area is 227 Å². The summed E-state index contributed by atoms with van der Waals surface area (Å²) in [5.41, 5.74) is 4.30. The molecule has 0 atom stereocenters. The van der Waals surface area contributed by atoms with Gasteiger partial charge in [0.2, 0.25) is 0 Å². The van der Waals surface area contributed by atoms with Gasteiger partial charge in [-0.15, -0.1) is 11.3 Å². The number of urea groups is 1. The molecule has 11 heteroatoms. The smallest absolute Gasteiger partial charge is 0.318 e. The lowest BCUT2D eigenvalue weighted by atomic mass is 10.1. The SMILES string of the molecule is Cc1ccc(S(=O)(=O)NC(=O)N(CCN2CCCCC2)Cc2ccc(-c3ccc(C(=O)NO)s3)cc2)cc1. The van der Waals surface area contributed by atoms with Crippen LogP contribution >= 0.6 is 11.3 Å². The summed E-state index contributed by atoms with van der Waals surface area (Å²) in [5, 5.41) is 8.84. The van der Waals surface area contributed by atoms with Crippen molar-refractivity contribution in [2.75, 3.05) is 26.2 Å². The molecule has 3 amide bonds. The highest BCUT2D eigenvalue weighted by atomic mass is 32.2. The number of piperidine rings is 1. The zero-order valence-electron chi connectivity index (χ0n) is 21.2. The molecule has 38 heavy (non-hydrogen) atoms. The maximum Gasteiger partial charge on any atom is 0.331 e. The van der Waals surface area contributed by atoms with Crippen molar-refractivity contribution in [3.63, 3.8) is 0 Å². The molecule has 0 unspecified atom stereocenters. The zero-order valence-corrected chi connectivity index (χ0v) is 22.9. The Bertz CT molecular complexity index is 1350. The van der Waals surface area contributed by atoms with Crippen LogP contribution in [0.25, 0.3) is 10.4 Å². The number of nitrogens with zero attached hydrogens (tertiary/aromatic N) is 2. The molecule has 3 N–H and O–H groups in total. The molecule has 1 aromatic heterocycles. The number of hydroxylamine groups is 1. The number of carbonyl (C=O) groups is 2. The summed E-state index contributed by atoms with van der Waals surface area (Å²) in [6.07, 6.45) is 3.46. The van der Waals surface area contributed by atoms with Crippen LogP contribution in [0.4, 0.5) is 4.79 Å². The topological polar surface area (TPSA) is 119 Å². The minimum atomic E-state index is -4.01. The second-order valence-corrected chi connectivity index (χ2v) is 12.1. The molecule has 3 aromatic rings. The number of likely N-dealkylation sites (tertiary alicyclic amines) is 1. The molecular formula is C27H32N4O5S2. The molecule has 0 radical (unpaired) electrons. The molecule has 2 heterocycles. The molecule has 4 rings (SSSR count). The van der Waals surface area contributed by atoms with Gasteiger partial charge in [-0.2, -0.15) is 0 Å². The van der Waals surface area contributed by atoms with E-state index in [4.69, 9.17) is 5.21 Å². The maximum atomic E-state index is 13.2. The van der Waals surface area contributed by atoms with Gasteiger partial charge < -0.3 is 9.80 Å². The number of rotatable bonds is 9. The van der Waals surface area contributed by atoms with Crippen LogP contribution in [0.5, 0.6) is 0 Å². The first-order valence-corrected chi connectivity index (χ1v) is 14.8. The van der Waals surface area contributed by atoms with Crippen molar-refractivity contribution in [1.82, 2.24) is 20.0 Å². The molecule has 1 fully saturated rings. The van der Waals surface area contributed by atoms with Gasteiger partial charge in [0, 0.05) is 24.5 Å². The summed E-state index contributed by atoms with van der Waals surface area (Å²) in [7, 11) is -4.01. The maximum absolute atomic E-state index is 13.2. The Hall–Kier alpha value is -3.25. The summed E-state index contributed by atoms with van der Waals surface area (Å²) >= 11 is 1.25. The Kier molecular flexibility index (Phi) is 9.16. The predicted octanol–water partition coefficient (Wildman–Crippen LogP) is 4.23. The van der Waals surface area contributed by atoms with Gasteiger partial charge in [-0.25, -0.2) is 23.4 Å². The van der Waals surface area contributed by atoms with Gasteiger partial charge >= 0.3 is 6.03 Å². The standard InChI is InChI=1S/C27H32N4O5S2/c1-20-5-11-23(12-6-20)38(35,36)29-27(33)31(18-17-30-15-3-2-4-16-30)19-21-7-9-22(10-8-21)24-13-14-25(37-24)26(32)28-34/h5-14,34H,2-4,15-19H2,1H3,(H,28,32)(H,29,33). The number of benzene rings is 2. The number of carbonyl (C=O) groups excluding carboxylic acids is 2. The lowest BCUT2D eigenvalue weighted by molar-refractivity contribution is 0.0711. The van der Waals surface area contributed by atoms with Gasteiger partial charge in [0.25, 0.3) is 15.9 Å². The monoisotopic (exact) mass is 556 g/mol. The number of hydrogen-bond donors (Lipinski definition) is 3. The van der Waals surface area contributed by atoms with E-state index in [2.05, 4.69) is 9.62 Å². The Morgan fingerprint density at radius 1 is 0.974 bits per heavy atom. The second-order valence-electron chi connectivity index (χ2n) is 9.35. The Morgan fingerprint density at radius 2 is 1.66 bits per heavy atom. The fourth-order valence-electron chi connectivity index (χ4n) is 4.32. The van der Waals surface area contributed by atoms with E-state index in [1.54, 1.807) is 29.7 Å². The molecule has 9 nitrogen and oxygen atoms in total. The number of hydrogen-bond acceptors (Lipinski definition) is 7. The first-order chi connectivity index (χ1) is 18.2. The van der Waals surface area contributed by atoms with E-state index in [1.807, 2.05) is 31.2 Å². The van der Waals surface area contributed by atoms with Crippen molar-refractivity contribution in [2.24, 2.45) is 0 Å². The highest BCUT2D eigenvalue weighted by molar-refractivity contribution is 7.90. The van der Waals surface area contributed by atoms with Crippen molar-refractivity contribution >= 4 is 33.3 Å². The van der Waals surface area contributed by atoms with Gasteiger partial charge in [0.15, 0.2) is 0 Å². The lowest BCUT2D eigenvalue weighted by Crippen LogP contribution is -2.46. The van der Waals surface area contributed by atoms with E-state index in [0.29, 0.717) is 18.0 Å². The average molecular weight is 557 g/mol. The second kappa shape index (κ2) is 12.5. The third-order valence-electron chi connectivity index (χ3n) is 6.52. The van der Waals surface area contributed by atoms with Crippen molar-refractivity contribution < 1.29 is 23.2 Å². The molecule has 1 aliphatic rings. The summed E-state index contributed by atoms with van der Waals surface area (Å²) in [6.45, 7) is 5.12. The van der Waals surface area contributed by atoms with Gasteiger partial charge in [0.1, 0.15) is 0 Å². The van der Waals surface area contributed by atoms with Gasteiger partial charge in [-0.05, 0) is 68.2 Å². The third-order valence-corrected chi connectivity index (χ3v) is 8.99. The van der Waals surface area contributed by atoms with Crippen LogP contribution in [-0.4, -0.2) is 61.5 Å². The third kappa shape index (κ3) is 7.19. The van der Waals surface area contributed by atoms with Crippen LogP contribution in [0, 0.1) is 6.92 Å². The van der Waals surface area contributed by atoms with Crippen LogP contribution in [0.3, 0.4) is 0 Å². The van der Waals surface area contributed by atoms with Crippen molar-refractivity contribution in [2.45, 2.75) is 37.6 Å². The van der Waals surface area contributed by atoms with E-state index in [-0.39, 0.29) is 11.4 Å². The number of amides is 3. The fourth-order valence-corrected chi connectivity index (χ4v) is 6.19. The summed E-state index contributed by atoms with van der Waals surface area (Å²) in [4.78, 5) is 30.0. The van der Waals surface area contributed by atoms with Crippen LogP contribution in [0.15, 0.2) is 65.6 Å². The normalized spacial score (nSPS) is 14.2. The van der Waals surface area contributed by atoms with Gasteiger partial charge in [0.05, 0.1) is 9.77 Å². The van der Waals surface area contributed by atoms with Crippen LogP contribution in [0.1, 0.15) is 40.1 Å². The number of thiophene rings is 1. The van der Waals surface area contributed by atoms with Crippen molar-refractivity contribution in [3.8, 4) is 10.4 Å².